The fourth-order valence-corrected chi connectivity index (χ4v) is 2.92. The monoisotopic (exact) mass is 273 g/mol. The summed E-state index contributed by atoms with van der Waals surface area (Å²) in [5.74, 6) is 0.532. The molecule has 1 heterocycles. The zero-order valence-corrected chi connectivity index (χ0v) is 13.2. The van der Waals surface area contributed by atoms with E-state index in [1.165, 1.54) is 22.5 Å². The van der Waals surface area contributed by atoms with Crippen LogP contribution in [-0.4, -0.2) is 25.8 Å². The van der Waals surface area contributed by atoms with Crippen molar-refractivity contribution >= 4 is 11.4 Å². The predicted molar refractivity (Wildman–Crippen MR) is 87.7 cm³/mol. The summed E-state index contributed by atoms with van der Waals surface area (Å²) in [5, 5.41) is 10.4. The molecule has 0 bridgehead atoms. The fourth-order valence-electron chi connectivity index (χ4n) is 2.92. The van der Waals surface area contributed by atoms with Crippen LogP contribution in [0.15, 0.2) is 23.3 Å². The summed E-state index contributed by atoms with van der Waals surface area (Å²) in [6, 6.07) is 6.60. The van der Waals surface area contributed by atoms with Gasteiger partial charge in [0.2, 0.25) is 0 Å². The van der Waals surface area contributed by atoms with E-state index in [1.54, 1.807) is 0 Å². The molecule has 1 aliphatic heterocycles. The lowest BCUT2D eigenvalue weighted by Gasteiger charge is -2.26. The Morgan fingerprint density at radius 3 is 2.45 bits per heavy atom. The van der Waals surface area contributed by atoms with Crippen LogP contribution in [0, 0.1) is 5.92 Å². The maximum Gasteiger partial charge on any atom is 0.0654 e. The minimum atomic E-state index is 0.532. The Labute approximate surface area is 123 Å². The van der Waals surface area contributed by atoms with Gasteiger partial charge in [-0.25, -0.2) is 0 Å². The molecular weight excluding hydrogens is 246 g/mol. The second-order valence-corrected chi connectivity index (χ2v) is 5.60. The van der Waals surface area contributed by atoms with E-state index in [2.05, 4.69) is 56.3 Å². The summed E-state index contributed by atoms with van der Waals surface area (Å²) >= 11 is 0. The van der Waals surface area contributed by atoms with Crippen LogP contribution in [0.5, 0.6) is 0 Å². The van der Waals surface area contributed by atoms with E-state index in [0.29, 0.717) is 5.92 Å². The van der Waals surface area contributed by atoms with Crippen molar-refractivity contribution in [3.8, 4) is 0 Å². The zero-order chi connectivity index (χ0) is 14.5. The molecule has 1 saturated heterocycles. The van der Waals surface area contributed by atoms with Gasteiger partial charge in [-0.05, 0) is 24.0 Å². The first-order chi connectivity index (χ1) is 9.67. The van der Waals surface area contributed by atoms with Gasteiger partial charge in [-0.2, -0.15) is 5.10 Å². The molecule has 110 valence electrons. The van der Waals surface area contributed by atoms with Crippen molar-refractivity contribution in [3.63, 3.8) is 0 Å². The van der Waals surface area contributed by atoms with Crippen LogP contribution in [0.25, 0.3) is 0 Å². The smallest absolute Gasteiger partial charge is 0.0654 e. The topological polar surface area (TPSA) is 27.6 Å². The molecule has 1 aromatic rings. The number of hydrazone groups is 1. The Kier molecular flexibility index (Phi) is 5.18. The molecule has 1 fully saturated rings. The molecule has 0 amide bonds. The van der Waals surface area contributed by atoms with E-state index >= 15 is 0 Å². The first-order valence-electron chi connectivity index (χ1n) is 7.79. The standard InChI is InChI=1S/C17H27N3/c1-5-14-8-7-9-15(6-2)17(14)20(4)19-16-10-11-18-12-13(16)3/h7-9,13,18H,5-6,10-12H2,1-4H3/b19-16-. The maximum absolute atomic E-state index is 4.91. The lowest BCUT2D eigenvalue weighted by molar-refractivity contribution is 0.570. The first-order valence-corrected chi connectivity index (χ1v) is 7.79. The second kappa shape index (κ2) is 6.89. The molecule has 0 spiro atoms. The molecular formula is C17H27N3. The summed E-state index contributed by atoms with van der Waals surface area (Å²) < 4.78 is 0. The van der Waals surface area contributed by atoms with Crippen LogP contribution in [0.1, 0.15) is 38.3 Å². The number of para-hydroxylation sites is 1. The van der Waals surface area contributed by atoms with Crippen molar-refractivity contribution < 1.29 is 0 Å². The van der Waals surface area contributed by atoms with Crippen molar-refractivity contribution in [1.82, 2.24) is 5.32 Å². The quantitative estimate of drug-likeness (QED) is 0.853. The van der Waals surface area contributed by atoms with Gasteiger partial charge in [-0.1, -0.05) is 39.0 Å². The molecule has 0 aliphatic carbocycles. The van der Waals surface area contributed by atoms with E-state index in [4.69, 9.17) is 5.10 Å². The average molecular weight is 273 g/mol. The number of nitrogens with zero attached hydrogens (tertiary/aromatic N) is 2. The Morgan fingerprint density at radius 2 is 1.90 bits per heavy atom. The number of aryl methyl sites for hydroxylation is 2. The maximum atomic E-state index is 4.91. The number of rotatable bonds is 4. The number of hydrogen-bond acceptors (Lipinski definition) is 3. The van der Waals surface area contributed by atoms with Crippen LogP contribution in [0.4, 0.5) is 5.69 Å². The highest BCUT2D eigenvalue weighted by molar-refractivity contribution is 5.88. The van der Waals surface area contributed by atoms with Gasteiger partial charge in [0.1, 0.15) is 0 Å². The highest BCUT2D eigenvalue weighted by atomic mass is 15.4. The fraction of sp³-hybridized carbons (Fsp3) is 0.588. The minimum Gasteiger partial charge on any atom is -0.316 e. The molecule has 1 aliphatic rings. The molecule has 0 saturated carbocycles. The van der Waals surface area contributed by atoms with Crippen LogP contribution in [-0.2, 0) is 12.8 Å². The first kappa shape index (κ1) is 15.0. The molecule has 1 unspecified atom stereocenters. The van der Waals surface area contributed by atoms with Gasteiger partial charge < -0.3 is 5.32 Å². The highest BCUT2D eigenvalue weighted by Crippen LogP contribution is 2.26. The molecule has 3 nitrogen and oxygen atoms in total. The normalized spacial score (nSPS) is 21.2. The summed E-state index contributed by atoms with van der Waals surface area (Å²) in [4.78, 5) is 0. The minimum absolute atomic E-state index is 0.532. The van der Waals surface area contributed by atoms with Crippen molar-refractivity contribution in [2.24, 2.45) is 11.0 Å². The van der Waals surface area contributed by atoms with Crippen LogP contribution >= 0.6 is 0 Å². The van der Waals surface area contributed by atoms with E-state index in [1.807, 2.05) is 0 Å². The number of benzene rings is 1. The van der Waals surface area contributed by atoms with E-state index in [0.717, 1.165) is 32.4 Å². The Balaban J connectivity index is 2.32. The molecule has 0 aromatic heterocycles. The van der Waals surface area contributed by atoms with Gasteiger partial charge in [0.25, 0.3) is 0 Å². The van der Waals surface area contributed by atoms with Gasteiger partial charge in [0, 0.05) is 38.2 Å². The number of piperidine rings is 1. The molecule has 2 rings (SSSR count). The van der Waals surface area contributed by atoms with E-state index in [-0.39, 0.29) is 0 Å². The van der Waals surface area contributed by atoms with Crippen molar-refractivity contribution in [3.05, 3.63) is 29.3 Å². The molecule has 1 atom stereocenters. The van der Waals surface area contributed by atoms with Crippen molar-refractivity contribution in [2.75, 3.05) is 25.1 Å². The van der Waals surface area contributed by atoms with Gasteiger partial charge in [-0.15, -0.1) is 0 Å². The van der Waals surface area contributed by atoms with E-state index in [9.17, 15) is 0 Å². The molecule has 1 N–H and O–H groups in total. The average Bonchev–Trinajstić information content (AvgIpc) is 2.48. The summed E-state index contributed by atoms with van der Waals surface area (Å²) in [6.07, 6.45) is 3.16. The SMILES string of the molecule is CCc1cccc(CC)c1N(C)/N=C1/CCNCC1C. The Hall–Kier alpha value is -1.35. The van der Waals surface area contributed by atoms with Gasteiger partial charge in [-0.3, -0.25) is 5.01 Å². The van der Waals surface area contributed by atoms with Gasteiger partial charge in [0.15, 0.2) is 0 Å². The third-order valence-corrected chi connectivity index (χ3v) is 4.14. The summed E-state index contributed by atoms with van der Waals surface area (Å²) in [6.45, 7) is 8.78. The number of hydrogen-bond donors (Lipinski definition) is 1. The Morgan fingerprint density at radius 1 is 1.25 bits per heavy atom. The lowest BCUT2D eigenvalue weighted by atomic mass is 9.99. The third-order valence-electron chi connectivity index (χ3n) is 4.14. The van der Waals surface area contributed by atoms with Gasteiger partial charge >= 0.3 is 0 Å². The molecule has 3 heteroatoms. The van der Waals surface area contributed by atoms with Gasteiger partial charge in [0.05, 0.1) is 5.69 Å². The largest absolute Gasteiger partial charge is 0.316 e. The lowest BCUT2D eigenvalue weighted by Crippen LogP contribution is -2.36. The molecule has 20 heavy (non-hydrogen) atoms. The number of anilines is 1. The van der Waals surface area contributed by atoms with Crippen LogP contribution in [0.2, 0.25) is 0 Å². The van der Waals surface area contributed by atoms with Crippen molar-refractivity contribution in [1.29, 1.82) is 0 Å². The predicted octanol–water partition coefficient (Wildman–Crippen LogP) is 3.23. The van der Waals surface area contributed by atoms with Crippen molar-refractivity contribution in [2.45, 2.75) is 40.0 Å². The third kappa shape index (κ3) is 3.21. The van der Waals surface area contributed by atoms with E-state index < -0.39 is 0 Å². The highest BCUT2D eigenvalue weighted by Gasteiger charge is 2.17. The number of nitrogens with one attached hydrogen (secondary N) is 1. The molecule has 1 aromatic carbocycles. The zero-order valence-electron chi connectivity index (χ0n) is 13.2. The summed E-state index contributed by atoms with van der Waals surface area (Å²) in [7, 11) is 2.09. The van der Waals surface area contributed by atoms with Crippen LogP contribution in [0.3, 0.4) is 0 Å². The Bertz CT molecular complexity index is 457. The van der Waals surface area contributed by atoms with Crippen LogP contribution < -0.4 is 10.3 Å². The molecule has 0 radical (unpaired) electrons. The second-order valence-electron chi connectivity index (χ2n) is 5.60. The summed E-state index contributed by atoms with van der Waals surface area (Å²) in [5.41, 5.74) is 5.39.